The summed E-state index contributed by atoms with van der Waals surface area (Å²) in [5.41, 5.74) is 1.04. The molecule has 21 heavy (non-hydrogen) atoms. The van der Waals surface area contributed by atoms with Gasteiger partial charge < -0.3 is 20.1 Å². The zero-order chi connectivity index (χ0) is 14.7. The molecule has 1 fully saturated rings. The second-order valence-corrected chi connectivity index (χ2v) is 5.82. The first kappa shape index (κ1) is 14.2. The van der Waals surface area contributed by atoms with Gasteiger partial charge in [-0.25, -0.2) is 0 Å². The van der Waals surface area contributed by atoms with E-state index in [0.29, 0.717) is 12.3 Å². The van der Waals surface area contributed by atoms with Crippen molar-refractivity contribution in [2.24, 2.45) is 5.92 Å². The molecule has 2 aliphatic rings. The van der Waals surface area contributed by atoms with Crippen LogP contribution in [0.1, 0.15) is 37.8 Å². The van der Waals surface area contributed by atoms with Gasteiger partial charge in [0.05, 0.1) is 6.04 Å². The number of amides is 1. The smallest absolute Gasteiger partial charge is 0.231 e. The molecule has 1 amide bonds. The molecule has 2 heterocycles. The van der Waals surface area contributed by atoms with E-state index in [1.54, 1.807) is 0 Å². The topological polar surface area (TPSA) is 59.6 Å². The first-order valence-corrected chi connectivity index (χ1v) is 7.62. The van der Waals surface area contributed by atoms with Crippen molar-refractivity contribution in [2.45, 2.75) is 32.2 Å². The van der Waals surface area contributed by atoms with Crippen LogP contribution in [0.5, 0.6) is 11.5 Å². The quantitative estimate of drug-likeness (QED) is 0.890. The van der Waals surface area contributed by atoms with Crippen molar-refractivity contribution in [2.75, 3.05) is 19.9 Å². The van der Waals surface area contributed by atoms with Crippen LogP contribution in [-0.2, 0) is 4.79 Å². The molecule has 2 unspecified atom stereocenters. The van der Waals surface area contributed by atoms with Gasteiger partial charge in [0.1, 0.15) is 0 Å². The van der Waals surface area contributed by atoms with E-state index in [9.17, 15) is 4.79 Å². The fourth-order valence-electron chi connectivity index (χ4n) is 2.93. The number of nitrogens with one attached hydrogen (secondary N) is 2. The third-order valence-electron chi connectivity index (χ3n) is 4.15. The van der Waals surface area contributed by atoms with E-state index in [0.717, 1.165) is 43.0 Å². The van der Waals surface area contributed by atoms with E-state index >= 15 is 0 Å². The van der Waals surface area contributed by atoms with E-state index < -0.39 is 0 Å². The fraction of sp³-hybridized carbons (Fsp3) is 0.562. The molecular weight excluding hydrogens is 268 g/mol. The lowest BCUT2D eigenvalue weighted by molar-refractivity contribution is -0.122. The molecule has 5 nitrogen and oxygen atoms in total. The van der Waals surface area contributed by atoms with Gasteiger partial charge in [0, 0.05) is 6.42 Å². The van der Waals surface area contributed by atoms with Crippen molar-refractivity contribution in [3.8, 4) is 11.5 Å². The van der Waals surface area contributed by atoms with Gasteiger partial charge in [-0.15, -0.1) is 0 Å². The number of rotatable bonds is 4. The Kier molecular flexibility index (Phi) is 4.29. The highest BCUT2D eigenvalue weighted by molar-refractivity contribution is 5.76. The molecule has 2 atom stereocenters. The third kappa shape index (κ3) is 3.47. The van der Waals surface area contributed by atoms with E-state index in [-0.39, 0.29) is 18.7 Å². The predicted octanol–water partition coefficient (Wildman–Crippen LogP) is 1.98. The lowest BCUT2D eigenvalue weighted by atomic mass is 9.95. The maximum atomic E-state index is 12.1. The summed E-state index contributed by atoms with van der Waals surface area (Å²) in [4.78, 5) is 12.1. The van der Waals surface area contributed by atoms with Gasteiger partial charge in [-0.05, 0) is 56.5 Å². The number of fused-ring (bicyclic) bond motifs is 1. The summed E-state index contributed by atoms with van der Waals surface area (Å²) in [5, 5.41) is 6.41. The molecule has 2 N–H and O–H groups in total. The van der Waals surface area contributed by atoms with Crippen LogP contribution in [0.15, 0.2) is 18.2 Å². The SMILES string of the molecule is CC(NC(=O)CC1CCCNC1)c1ccc2c(c1)OCO2. The third-order valence-corrected chi connectivity index (χ3v) is 4.15. The monoisotopic (exact) mass is 290 g/mol. The highest BCUT2D eigenvalue weighted by Crippen LogP contribution is 2.34. The van der Waals surface area contributed by atoms with Gasteiger partial charge in [0.2, 0.25) is 12.7 Å². The van der Waals surface area contributed by atoms with Crippen LogP contribution in [0.2, 0.25) is 0 Å². The summed E-state index contributed by atoms with van der Waals surface area (Å²) >= 11 is 0. The highest BCUT2D eigenvalue weighted by atomic mass is 16.7. The van der Waals surface area contributed by atoms with Crippen molar-refractivity contribution in [1.29, 1.82) is 0 Å². The molecule has 1 saturated heterocycles. The minimum Gasteiger partial charge on any atom is -0.454 e. The Hall–Kier alpha value is -1.75. The highest BCUT2D eigenvalue weighted by Gasteiger charge is 2.20. The average Bonchev–Trinajstić information content (AvgIpc) is 2.95. The number of ether oxygens (including phenoxy) is 2. The second kappa shape index (κ2) is 6.35. The Labute approximate surface area is 125 Å². The Balaban J connectivity index is 1.55. The number of hydrogen-bond acceptors (Lipinski definition) is 4. The summed E-state index contributed by atoms with van der Waals surface area (Å²) in [7, 11) is 0. The first-order chi connectivity index (χ1) is 10.2. The second-order valence-electron chi connectivity index (χ2n) is 5.82. The molecule has 0 saturated carbocycles. The van der Waals surface area contributed by atoms with Gasteiger partial charge in [0.25, 0.3) is 0 Å². The number of carbonyl (C=O) groups is 1. The van der Waals surface area contributed by atoms with Crippen LogP contribution in [0.25, 0.3) is 0 Å². The number of carbonyl (C=O) groups excluding carboxylic acids is 1. The van der Waals surface area contributed by atoms with Crippen LogP contribution in [-0.4, -0.2) is 25.8 Å². The lowest BCUT2D eigenvalue weighted by Gasteiger charge is -2.23. The first-order valence-electron chi connectivity index (χ1n) is 7.62. The average molecular weight is 290 g/mol. The maximum absolute atomic E-state index is 12.1. The van der Waals surface area contributed by atoms with Crippen LogP contribution < -0.4 is 20.1 Å². The van der Waals surface area contributed by atoms with Crippen LogP contribution >= 0.6 is 0 Å². The van der Waals surface area contributed by atoms with Crippen LogP contribution in [0.4, 0.5) is 0 Å². The van der Waals surface area contributed by atoms with Gasteiger partial charge in [0.15, 0.2) is 11.5 Å². The Morgan fingerprint density at radius 2 is 2.29 bits per heavy atom. The van der Waals surface area contributed by atoms with Crippen LogP contribution in [0, 0.1) is 5.92 Å². The lowest BCUT2D eigenvalue weighted by Crippen LogP contribution is -2.35. The maximum Gasteiger partial charge on any atom is 0.231 e. The van der Waals surface area contributed by atoms with Gasteiger partial charge >= 0.3 is 0 Å². The molecule has 0 spiro atoms. The summed E-state index contributed by atoms with van der Waals surface area (Å²) in [5.74, 6) is 2.10. The molecule has 3 rings (SSSR count). The molecule has 0 radical (unpaired) electrons. The minimum absolute atomic E-state index is 0.0245. The Morgan fingerprint density at radius 3 is 3.10 bits per heavy atom. The number of hydrogen-bond donors (Lipinski definition) is 2. The van der Waals surface area contributed by atoms with Crippen LogP contribution in [0.3, 0.4) is 0 Å². The number of piperidine rings is 1. The van der Waals surface area contributed by atoms with E-state index in [2.05, 4.69) is 10.6 Å². The summed E-state index contributed by atoms with van der Waals surface area (Å²) in [6.07, 6.45) is 2.90. The molecular formula is C16H22N2O3. The van der Waals surface area contributed by atoms with Crippen molar-refractivity contribution in [1.82, 2.24) is 10.6 Å². The predicted molar refractivity (Wildman–Crippen MR) is 79.3 cm³/mol. The molecule has 2 aliphatic heterocycles. The zero-order valence-electron chi connectivity index (χ0n) is 12.4. The molecule has 0 bridgehead atoms. The Morgan fingerprint density at radius 1 is 1.43 bits per heavy atom. The van der Waals surface area contributed by atoms with E-state index in [4.69, 9.17) is 9.47 Å². The van der Waals surface area contributed by atoms with Crippen molar-refractivity contribution in [3.05, 3.63) is 23.8 Å². The molecule has 0 aromatic heterocycles. The van der Waals surface area contributed by atoms with Gasteiger partial charge in [-0.3, -0.25) is 4.79 Å². The zero-order valence-corrected chi connectivity index (χ0v) is 12.4. The largest absolute Gasteiger partial charge is 0.454 e. The number of benzene rings is 1. The van der Waals surface area contributed by atoms with Gasteiger partial charge in [-0.1, -0.05) is 6.07 Å². The van der Waals surface area contributed by atoms with E-state index in [1.165, 1.54) is 0 Å². The van der Waals surface area contributed by atoms with Crippen molar-refractivity contribution < 1.29 is 14.3 Å². The summed E-state index contributed by atoms with van der Waals surface area (Å²) in [6.45, 7) is 4.29. The Bertz CT molecular complexity index is 512. The molecule has 114 valence electrons. The molecule has 0 aliphatic carbocycles. The summed E-state index contributed by atoms with van der Waals surface area (Å²) in [6, 6.07) is 5.78. The molecule has 1 aromatic rings. The van der Waals surface area contributed by atoms with Crippen molar-refractivity contribution >= 4 is 5.91 Å². The summed E-state index contributed by atoms with van der Waals surface area (Å²) < 4.78 is 10.7. The normalized spacial score (nSPS) is 21.9. The minimum atomic E-state index is -0.0245. The fourth-order valence-corrected chi connectivity index (χ4v) is 2.93. The standard InChI is InChI=1S/C16H22N2O3/c1-11(13-4-5-14-15(8-13)21-10-20-14)18-16(19)7-12-3-2-6-17-9-12/h4-5,8,11-12,17H,2-3,6-7,9-10H2,1H3,(H,18,19). The van der Waals surface area contributed by atoms with Crippen molar-refractivity contribution in [3.63, 3.8) is 0 Å². The van der Waals surface area contributed by atoms with Gasteiger partial charge in [-0.2, -0.15) is 0 Å². The molecule has 5 heteroatoms. The molecule has 1 aromatic carbocycles. The van der Waals surface area contributed by atoms with E-state index in [1.807, 2.05) is 25.1 Å².